The van der Waals surface area contributed by atoms with E-state index in [1.54, 1.807) is 0 Å². The van der Waals surface area contributed by atoms with Crippen molar-refractivity contribution < 1.29 is 0 Å². The van der Waals surface area contributed by atoms with Crippen LogP contribution >= 0.6 is 0 Å². The van der Waals surface area contributed by atoms with Crippen LogP contribution in [0.3, 0.4) is 0 Å². The van der Waals surface area contributed by atoms with Gasteiger partial charge in [-0.2, -0.15) is 0 Å². The van der Waals surface area contributed by atoms with Gasteiger partial charge in [-0.05, 0) is 36.5 Å². The van der Waals surface area contributed by atoms with Gasteiger partial charge in [0.15, 0.2) is 5.95 Å². The summed E-state index contributed by atoms with van der Waals surface area (Å²) < 4.78 is 0. The molecule has 0 atom stereocenters. The van der Waals surface area contributed by atoms with E-state index in [-0.39, 0.29) is 0 Å². The van der Waals surface area contributed by atoms with Crippen LogP contribution in [-0.2, 0) is 0 Å². The van der Waals surface area contributed by atoms with Crippen molar-refractivity contribution in [2.45, 2.75) is 31.6 Å². The lowest BCUT2D eigenvalue weighted by atomic mass is 9.97. The van der Waals surface area contributed by atoms with E-state index in [9.17, 15) is 0 Å². The van der Waals surface area contributed by atoms with E-state index in [1.165, 1.54) is 31.2 Å². The molecule has 1 heterocycles. The second-order valence-electron chi connectivity index (χ2n) is 4.38. The SMILES string of the molecule is Nc1nc2ccc(C3CCCC3)cc2[nH]1. The van der Waals surface area contributed by atoms with E-state index in [1.807, 2.05) is 0 Å². The van der Waals surface area contributed by atoms with Crippen molar-refractivity contribution in [2.24, 2.45) is 0 Å². The zero-order chi connectivity index (χ0) is 10.3. The molecule has 0 unspecified atom stereocenters. The van der Waals surface area contributed by atoms with Crippen LogP contribution in [0.2, 0.25) is 0 Å². The van der Waals surface area contributed by atoms with Crippen LogP contribution in [0.15, 0.2) is 18.2 Å². The number of nitrogens with one attached hydrogen (secondary N) is 1. The summed E-state index contributed by atoms with van der Waals surface area (Å²) in [5.41, 5.74) is 9.09. The molecule has 0 aliphatic heterocycles. The fraction of sp³-hybridized carbons (Fsp3) is 0.417. The summed E-state index contributed by atoms with van der Waals surface area (Å²) in [7, 11) is 0. The Labute approximate surface area is 88.7 Å². The molecular formula is C12H15N3. The third-order valence-electron chi connectivity index (χ3n) is 3.35. The second-order valence-corrected chi connectivity index (χ2v) is 4.38. The number of benzene rings is 1. The number of rotatable bonds is 1. The van der Waals surface area contributed by atoms with Crippen molar-refractivity contribution >= 4 is 17.0 Å². The highest BCUT2D eigenvalue weighted by Gasteiger charge is 2.17. The van der Waals surface area contributed by atoms with Crippen LogP contribution < -0.4 is 5.73 Å². The highest BCUT2D eigenvalue weighted by Crippen LogP contribution is 2.34. The number of nitrogens with two attached hydrogens (primary N) is 1. The number of aromatic nitrogens is 2. The molecule has 3 nitrogen and oxygen atoms in total. The molecule has 15 heavy (non-hydrogen) atoms. The standard InChI is InChI=1S/C12H15N3/c13-12-14-10-6-5-9(7-11(10)15-12)8-3-1-2-4-8/h5-8H,1-4H2,(H3,13,14,15). The van der Waals surface area contributed by atoms with Crippen LogP contribution in [-0.4, -0.2) is 9.97 Å². The van der Waals surface area contributed by atoms with Gasteiger partial charge in [0.25, 0.3) is 0 Å². The maximum atomic E-state index is 5.63. The molecule has 1 aliphatic carbocycles. The average molecular weight is 201 g/mol. The number of hydrogen-bond acceptors (Lipinski definition) is 2. The summed E-state index contributed by atoms with van der Waals surface area (Å²) in [6.45, 7) is 0. The normalized spacial score (nSPS) is 17.6. The van der Waals surface area contributed by atoms with Crippen molar-refractivity contribution in [1.82, 2.24) is 9.97 Å². The Kier molecular flexibility index (Phi) is 1.91. The highest BCUT2D eigenvalue weighted by molar-refractivity contribution is 5.77. The fourth-order valence-electron chi connectivity index (χ4n) is 2.56. The van der Waals surface area contributed by atoms with Crippen LogP contribution in [0.25, 0.3) is 11.0 Å². The highest BCUT2D eigenvalue weighted by atomic mass is 15.0. The van der Waals surface area contributed by atoms with Crippen molar-refractivity contribution in [3.8, 4) is 0 Å². The minimum atomic E-state index is 0.508. The van der Waals surface area contributed by atoms with E-state index in [0.29, 0.717) is 5.95 Å². The van der Waals surface area contributed by atoms with Gasteiger partial charge in [0.2, 0.25) is 0 Å². The summed E-state index contributed by atoms with van der Waals surface area (Å²) in [6, 6.07) is 6.46. The number of nitrogens with zero attached hydrogens (tertiary/aromatic N) is 1. The van der Waals surface area contributed by atoms with Gasteiger partial charge in [-0.15, -0.1) is 0 Å². The predicted octanol–water partition coefficient (Wildman–Crippen LogP) is 2.80. The quantitative estimate of drug-likeness (QED) is 0.745. The number of anilines is 1. The summed E-state index contributed by atoms with van der Waals surface area (Å²) in [4.78, 5) is 7.29. The largest absolute Gasteiger partial charge is 0.369 e. The lowest BCUT2D eigenvalue weighted by molar-refractivity contribution is 0.724. The van der Waals surface area contributed by atoms with Gasteiger partial charge in [-0.25, -0.2) is 4.98 Å². The third-order valence-corrected chi connectivity index (χ3v) is 3.35. The maximum absolute atomic E-state index is 5.63. The first-order valence-electron chi connectivity index (χ1n) is 5.58. The molecule has 1 fully saturated rings. The molecule has 1 saturated carbocycles. The molecule has 3 N–H and O–H groups in total. The molecule has 0 saturated heterocycles. The number of hydrogen-bond donors (Lipinski definition) is 2. The van der Waals surface area contributed by atoms with Gasteiger partial charge >= 0.3 is 0 Å². The van der Waals surface area contributed by atoms with Gasteiger partial charge in [0, 0.05) is 0 Å². The number of H-pyrrole nitrogens is 1. The van der Waals surface area contributed by atoms with E-state index >= 15 is 0 Å². The Hall–Kier alpha value is -1.51. The van der Waals surface area contributed by atoms with Crippen molar-refractivity contribution in [3.05, 3.63) is 23.8 Å². The Morgan fingerprint density at radius 1 is 1.27 bits per heavy atom. The monoisotopic (exact) mass is 201 g/mol. The van der Waals surface area contributed by atoms with Crippen molar-refractivity contribution in [2.75, 3.05) is 5.73 Å². The summed E-state index contributed by atoms with van der Waals surface area (Å²) >= 11 is 0. The Bertz CT molecular complexity index is 481. The molecule has 1 aliphatic rings. The summed E-state index contributed by atoms with van der Waals surface area (Å²) in [6.07, 6.45) is 5.39. The Morgan fingerprint density at radius 3 is 2.87 bits per heavy atom. The fourth-order valence-corrected chi connectivity index (χ4v) is 2.56. The van der Waals surface area contributed by atoms with Crippen LogP contribution in [0, 0.1) is 0 Å². The van der Waals surface area contributed by atoms with Crippen molar-refractivity contribution in [1.29, 1.82) is 0 Å². The lowest BCUT2D eigenvalue weighted by Gasteiger charge is -2.08. The second kappa shape index (κ2) is 3.26. The first-order chi connectivity index (χ1) is 7.33. The molecule has 1 aromatic carbocycles. The van der Waals surface area contributed by atoms with Crippen LogP contribution in [0.4, 0.5) is 5.95 Å². The van der Waals surface area contributed by atoms with Gasteiger partial charge in [0.1, 0.15) is 0 Å². The van der Waals surface area contributed by atoms with Crippen LogP contribution in [0.5, 0.6) is 0 Å². The number of imidazole rings is 1. The van der Waals surface area contributed by atoms with Gasteiger partial charge < -0.3 is 10.7 Å². The molecule has 78 valence electrons. The molecule has 0 amide bonds. The van der Waals surface area contributed by atoms with E-state index in [4.69, 9.17) is 5.73 Å². The van der Waals surface area contributed by atoms with Gasteiger partial charge in [0.05, 0.1) is 11.0 Å². The topological polar surface area (TPSA) is 54.7 Å². The molecule has 0 spiro atoms. The molecule has 1 aromatic heterocycles. The predicted molar refractivity (Wildman–Crippen MR) is 61.7 cm³/mol. The third kappa shape index (κ3) is 1.48. The number of nitrogen functional groups attached to an aromatic ring is 1. The smallest absolute Gasteiger partial charge is 0.198 e. The Morgan fingerprint density at radius 2 is 2.07 bits per heavy atom. The maximum Gasteiger partial charge on any atom is 0.198 e. The number of aromatic amines is 1. The first kappa shape index (κ1) is 8.77. The lowest BCUT2D eigenvalue weighted by Crippen LogP contribution is -1.91. The molecule has 3 heteroatoms. The van der Waals surface area contributed by atoms with E-state index in [2.05, 4.69) is 28.2 Å². The van der Waals surface area contributed by atoms with Gasteiger partial charge in [-0.1, -0.05) is 18.9 Å². The molecule has 2 aromatic rings. The number of fused-ring (bicyclic) bond motifs is 1. The zero-order valence-electron chi connectivity index (χ0n) is 8.66. The zero-order valence-corrected chi connectivity index (χ0v) is 8.66. The van der Waals surface area contributed by atoms with E-state index in [0.717, 1.165) is 17.0 Å². The molecule has 0 radical (unpaired) electrons. The Balaban J connectivity index is 2.04. The summed E-state index contributed by atoms with van der Waals surface area (Å²) in [5.74, 6) is 1.26. The van der Waals surface area contributed by atoms with Crippen molar-refractivity contribution in [3.63, 3.8) is 0 Å². The summed E-state index contributed by atoms with van der Waals surface area (Å²) in [5, 5.41) is 0. The van der Waals surface area contributed by atoms with Gasteiger partial charge in [-0.3, -0.25) is 0 Å². The molecule has 3 rings (SSSR count). The first-order valence-corrected chi connectivity index (χ1v) is 5.58. The average Bonchev–Trinajstić information content (AvgIpc) is 2.82. The minimum Gasteiger partial charge on any atom is -0.369 e. The van der Waals surface area contributed by atoms with E-state index < -0.39 is 0 Å². The molecular weight excluding hydrogens is 186 g/mol. The minimum absolute atomic E-state index is 0.508. The molecule has 0 bridgehead atoms. The van der Waals surface area contributed by atoms with Crippen LogP contribution in [0.1, 0.15) is 37.2 Å².